The van der Waals surface area contributed by atoms with Crippen molar-refractivity contribution in [1.29, 1.82) is 0 Å². The van der Waals surface area contributed by atoms with Gasteiger partial charge in [0.25, 0.3) is 11.6 Å². The van der Waals surface area contributed by atoms with Crippen LogP contribution in [0.1, 0.15) is 15.9 Å². The molecule has 2 aromatic carbocycles. The fourth-order valence-electron chi connectivity index (χ4n) is 3.93. The van der Waals surface area contributed by atoms with Crippen LogP contribution < -0.4 is 15.5 Å². The van der Waals surface area contributed by atoms with Crippen LogP contribution in [0.25, 0.3) is 0 Å². The zero-order valence-corrected chi connectivity index (χ0v) is 19.5. The quantitative estimate of drug-likeness (QED) is 0.362. The van der Waals surface area contributed by atoms with Gasteiger partial charge in [-0.3, -0.25) is 25.1 Å². The van der Waals surface area contributed by atoms with Crippen molar-refractivity contribution < 1.29 is 19.2 Å². The van der Waals surface area contributed by atoms with Crippen molar-refractivity contribution in [3.05, 3.63) is 63.7 Å². The molecule has 0 bridgehead atoms. The summed E-state index contributed by atoms with van der Waals surface area (Å²) in [7, 11) is 0. The maximum absolute atomic E-state index is 12.7. The van der Waals surface area contributed by atoms with Gasteiger partial charge in [0, 0.05) is 50.0 Å². The summed E-state index contributed by atoms with van der Waals surface area (Å²) in [5.74, 6) is -0.516. The highest BCUT2D eigenvalue weighted by molar-refractivity contribution is 7.80. The summed E-state index contributed by atoms with van der Waals surface area (Å²) in [6, 6.07) is 12.3. The molecule has 0 spiro atoms. The van der Waals surface area contributed by atoms with E-state index < -0.39 is 10.8 Å². The maximum Gasteiger partial charge on any atom is 0.293 e. The molecule has 0 unspecified atom stereocenters. The first-order valence-corrected chi connectivity index (χ1v) is 11.5. The number of rotatable bonds is 6. The lowest BCUT2D eigenvalue weighted by molar-refractivity contribution is -0.384. The van der Waals surface area contributed by atoms with Crippen LogP contribution in [-0.4, -0.2) is 73.4 Å². The fraction of sp³-hybridized carbons (Fsp3) is 0.391. The molecule has 2 fully saturated rings. The number of nitrogens with zero attached hydrogens (tertiary/aromatic N) is 3. The summed E-state index contributed by atoms with van der Waals surface area (Å²) in [5, 5.41) is 17.3. The zero-order valence-electron chi connectivity index (χ0n) is 18.7. The van der Waals surface area contributed by atoms with E-state index in [1.807, 2.05) is 29.2 Å². The lowest BCUT2D eigenvalue weighted by Gasteiger charge is -2.28. The van der Waals surface area contributed by atoms with Crippen LogP contribution in [0.4, 0.5) is 17.1 Å². The van der Waals surface area contributed by atoms with Crippen molar-refractivity contribution in [2.75, 3.05) is 62.8 Å². The highest BCUT2D eigenvalue weighted by Crippen LogP contribution is 2.30. The number of benzene rings is 2. The second kappa shape index (κ2) is 11.3. The molecule has 0 atom stereocenters. The highest BCUT2D eigenvalue weighted by Gasteiger charge is 2.23. The third-order valence-corrected chi connectivity index (χ3v) is 5.94. The van der Waals surface area contributed by atoms with Gasteiger partial charge in [-0.15, -0.1) is 0 Å². The van der Waals surface area contributed by atoms with Crippen LogP contribution in [-0.2, 0) is 16.0 Å². The van der Waals surface area contributed by atoms with E-state index in [0.717, 1.165) is 38.5 Å². The molecule has 4 rings (SSSR count). The number of nitro groups is 1. The Balaban J connectivity index is 1.35. The van der Waals surface area contributed by atoms with Gasteiger partial charge in [0.2, 0.25) is 0 Å². The summed E-state index contributed by atoms with van der Waals surface area (Å²) >= 11 is 5.27. The van der Waals surface area contributed by atoms with Crippen LogP contribution in [0.3, 0.4) is 0 Å². The van der Waals surface area contributed by atoms with Gasteiger partial charge < -0.3 is 19.7 Å². The molecule has 2 heterocycles. The molecule has 0 aliphatic carbocycles. The van der Waals surface area contributed by atoms with Gasteiger partial charge in [-0.25, -0.2) is 0 Å². The third kappa shape index (κ3) is 6.26. The number of carbonyl (C=O) groups excluding carboxylic acids is 1. The molecule has 1 amide bonds. The average Bonchev–Trinajstić information content (AvgIpc) is 2.86. The van der Waals surface area contributed by atoms with Crippen molar-refractivity contribution in [3.8, 4) is 0 Å². The molecule has 2 aromatic rings. The van der Waals surface area contributed by atoms with Crippen LogP contribution in [0.2, 0.25) is 0 Å². The lowest BCUT2D eigenvalue weighted by Crippen LogP contribution is -2.37. The monoisotopic (exact) mass is 485 g/mol. The van der Waals surface area contributed by atoms with E-state index in [1.165, 1.54) is 11.6 Å². The van der Waals surface area contributed by atoms with Crippen molar-refractivity contribution in [2.45, 2.75) is 6.54 Å². The van der Waals surface area contributed by atoms with Gasteiger partial charge in [0.15, 0.2) is 5.11 Å². The van der Waals surface area contributed by atoms with Crippen molar-refractivity contribution in [2.24, 2.45) is 0 Å². The third-order valence-electron chi connectivity index (χ3n) is 5.73. The normalized spacial score (nSPS) is 16.6. The predicted molar refractivity (Wildman–Crippen MR) is 132 cm³/mol. The number of amides is 1. The van der Waals surface area contributed by atoms with Crippen LogP contribution >= 0.6 is 12.2 Å². The standard InChI is InChI=1S/C23H27N5O5S/c29-22(18-3-6-20(21(15-18)28(30)31)27-9-13-33-14-10-27)25-23(34)24-19-4-1-17(2-5-19)16-26-7-11-32-12-8-26/h1-6,15H,7-14,16H2,(H2,24,25,29,34). The van der Waals surface area contributed by atoms with Crippen LogP contribution in [0, 0.1) is 10.1 Å². The van der Waals surface area contributed by atoms with Crippen molar-refractivity contribution in [1.82, 2.24) is 10.2 Å². The molecule has 11 heteroatoms. The number of anilines is 2. The van der Waals surface area contributed by atoms with Gasteiger partial charge in [0.1, 0.15) is 5.69 Å². The first-order chi connectivity index (χ1) is 16.5. The summed E-state index contributed by atoms with van der Waals surface area (Å²) in [6.07, 6.45) is 0. The minimum Gasteiger partial charge on any atom is -0.379 e. The number of hydrogen-bond acceptors (Lipinski definition) is 8. The van der Waals surface area contributed by atoms with Gasteiger partial charge in [0.05, 0.1) is 31.4 Å². The molecule has 34 heavy (non-hydrogen) atoms. The number of morpholine rings is 2. The molecular formula is C23H27N5O5S. The SMILES string of the molecule is O=C(NC(=S)Nc1ccc(CN2CCOCC2)cc1)c1ccc(N2CCOCC2)c([N+](=O)[O-])c1. The zero-order chi connectivity index (χ0) is 23.9. The summed E-state index contributed by atoms with van der Waals surface area (Å²) in [6.45, 7) is 6.34. The van der Waals surface area contributed by atoms with Crippen LogP contribution in [0.5, 0.6) is 0 Å². The Kier molecular flexibility index (Phi) is 8.01. The van der Waals surface area contributed by atoms with E-state index in [2.05, 4.69) is 15.5 Å². The average molecular weight is 486 g/mol. The Labute approximate surface area is 203 Å². The largest absolute Gasteiger partial charge is 0.379 e. The van der Waals surface area contributed by atoms with Crippen LogP contribution in [0.15, 0.2) is 42.5 Å². The van der Waals surface area contributed by atoms with E-state index in [0.29, 0.717) is 32.0 Å². The summed E-state index contributed by atoms with van der Waals surface area (Å²) in [5.41, 5.74) is 2.43. The second-order valence-electron chi connectivity index (χ2n) is 8.05. The molecular weight excluding hydrogens is 458 g/mol. The molecule has 2 aliphatic rings. The van der Waals surface area contributed by atoms with E-state index >= 15 is 0 Å². The molecule has 2 N–H and O–H groups in total. The van der Waals surface area contributed by atoms with Gasteiger partial charge in [-0.05, 0) is 42.0 Å². The molecule has 0 radical (unpaired) electrons. The number of nitro benzene ring substituents is 1. The topological polar surface area (TPSA) is 109 Å². The number of thiocarbonyl (C=S) groups is 1. The number of ether oxygens (including phenoxy) is 2. The Morgan fingerprint density at radius 3 is 2.29 bits per heavy atom. The van der Waals surface area contributed by atoms with Gasteiger partial charge in [-0.2, -0.15) is 0 Å². The van der Waals surface area contributed by atoms with Crippen molar-refractivity contribution in [3.63, 3.8) is 0 Å². The highest BCUT2D eigenvalue weighted by atomic mass is 32.1. The molecule has 2 saturated heterocycles. The Bertz CT molecular complexity index is 1040. The number of nitrogens with one attached hydrogen (secondary N) is 2. The minimum absolute atomic E-state index is 0.117. The Morgan fingerprint density at radius 2 is 1.65 bits per heavy atom. The molecule has 0 aromatic heterocycles. The van der Waals surface area contributed by atoms with E-state index in [4.69, 9.17) is 21.7 Å². The van der Waals surface area contributed by atoms with E-state index in [1.54, 1.807) is 12.1 Å². The first kappa shape index (κ1) is 24.0. The second-order valence-corrected chi connectivity index (χ2v) is 8.46. The minimum atomic E-state index is -0.516. The molecule has 0 saturated carbocycles. The summed E-state index contributed by atoms with van der Waals surface area (Å²) < 4.78 is 10.7. The molecule has 2 aliphatic heterocycles. The molecule has 10 nitrogen and oxygen atoms in total. The van der Waals surface area contributed by atoms with Crippen molar-refractivity contribution >= 4 is 40.3 Å². The Morgan fingerprint density at radius 1 is 1.00 bits per heavy atom. The fourth-order valence-corrected chi connectivity index (χ4v) is 4.14. The van der Waals surface area contributed by atoms with E-state index in [-0.39, 0.29) is 16.4 Å². The molecule has 180 valence electrons. The lowest BCUT2D eigenvalue weighted by atomic mass is 10.1. The van der Waals surface area contributed by atoms with Gasteiger partial charge >= 0.3 is 0 Å². The number of hydrogen-bond donors (Lipinski definition) is 2. The van der Waals surface area contributed by atoms with Gasteiger partial charge in [-0.1, -0.05) is 12.1 Å². The maximum atomic E-state index is 12.7. The first-order valence-electron chi connectivity index (χ1n) is 11.1. The Hall–Kier alpha value is -3.12. The van der Waals surface area contributed by atoms with E-state index in [9.17, 15) is 14.9 Å². The smallest absolute Gasteiger partial charge is 0.293 e. The number of carbonyl (C=O) groups is 1. The predicted octanol–water partition coefficient (Wildman–Crippen LogP) is 2.39. The summed E-state index contributed by atoms with van der Waals surface area (Å²) in [4.78, 5) is 28.0.